The molecular weight excluding hydrogens is 274 g/mol. The number of halogens is 2. The lowest BCUT2D eigenvalue weighted by Crippen LogP contribution is -2.50. The van der Waals surface area contributed by atoms with Crippen LogP contribution >= 0.6 is 0 Å². The highest BCUT2D eigenvalue weighted by Crippen LogP contribution is 2.42. The van der Waals surface area contributed by atoms with Crippen molar-refractivity contribution in [2.24, 2.45) is 0 Å². The highest BCUT2D eigenvalue weighted by Gasteiger charge is 2.58. The number of alkyl halides is 2. The zero-order chi connectivity index (χ0) is 15.5. The Morgan fingerprint density at radius 3 is 1.95 bits per heavy atom. The molecule has 1 atom stereocenters. The molecule has 0 spiro atoms. The fourth-order valence-corrected chi connectivity index (χ4v) is 2.28. The lowest BCUT2D eigenvalue weighted by molar-refractivity contribution is -0.158. The first-order valence-corrected chi connectivity index (χ1v) is 6.69. The van der Waals surface area contributed by atoms with E-state index in [0.29, 0.717) is 0 Å². The quantitative estimate of drug-likeness (QED) is 0.850. The fraction of sp³-hybridized carbons (Fsp3) is 0.235. The van der Waals surface area contributed by atoms with Crippen LogP contribution in [0.3, 0.4) is 0 Å². The van der Waals surface area contributed by atoms with Gasteiger partial charge in [0, 0.05) is 5.56 Å². The third-order valence-electron chi connectivity index (χ3n) is 3.60. The lowest BCUT2D eigenvalue weighted by Gasteiger charge is -2.34. The van der Waals surface area contributed by atoms with Gasteiger partial charge in [0.25, 0.3) is 0 Å². The smallest absolute Gasteiger partial charge is 0.341 e. The van der Waals surface area contributed by atoms with Crippen LogP contribution in [0.15, 0.2) is 60.7 Å². The Balaban J connectivity index is 2.47. The molecular formula is C17H16F2O2. The summed E-state index contributed by atoms with van der Waals surface area (Å²) in [6.07, 6.45) is -0.275. The summed E-state index contributed by atoms with van der Waals surface area (Å²) < 4.78 is 29.3. The molecule has 2 aromatic rings. The van der Waals surface area contributed by atoms with Crippen LogP contribution in [0.4, 0.5) is 8.78 Å². The molecule has 0 amide bonds. The van der Waals surface area contributed by atoms with Gasteiger partial charge in [0.1, 0.15) is 0 Å². The topological polar surface area (TPSA) is 37.3 Å². The largest absolute Gasteiger partial charge is 0.378 e. The minimum absolute atomic E-state index is 0.0294. The summed E-state index contributed by atoms with van der Waals surface area (Å²) in [4.78, 5) is 12.1. The molecule has 0 saturated heterocycles. The molecule has 4 heteroatoms. The van der Waals surface area contributed by atoms with Crippen LogP contribution in [0, 0.1) is 0 Å². The highest BCUT2D eigenvalue weighted by atomic mass is 19.3. The number of hydrogen-bond acceptors (Lipinski definition) is 2. The minimum Gasteiger partial charge on any atom is -0.378 e. The summed E-state index contributed by atoms with van der Waals surface area (Å²) in [5.41, 5.74) is -2.62. The molecule has 110 valence electrons. The van der Waals surface area contributed by atoms with Gasteiger partial charge in [0.15, 0.2) is 5.60 Å². The number of rotatable bonds is 5. The summed E-state index contributed by atoms with van der Waals surface area (Å²) in [6, 6.07) is 14.9. The van der Waals surface area contributed by atoms with Crippen LogP contribution in [-0.2, 0) is 5.60 Å². The molecule has 2 aromatic carbocycles. The molecule has 2 nitrogen and oxygen atoms in total. The molecule has 0 aliphatic rings. The summed E-state index contributed by atoms with van der Waals surface area (Å²) in [6.45, 7) is 1.43. The second-order valence-corrected chi connectivity index (χ2v) is 4.85. The zero-order valence-electron chi connectivity index (χ0n) is 11.6. The standard InChI is InChI=1S/C17H16F2O2/c1-2-16(21,14-11-7-4-8-12-14)17(18,19)15(20)13-9-5-3-6-10-13/h3-12,21H,2H2,1H3. The average Bonchev–Trinajstić information content (AvgIpc) is 2.54. The second-order valence-electron chi connectivity index (χ2n) is 4.85. The molecule has 0 fully saturated rings. The van der Waals surface area contributed by atoms with Gasteiger partial charge in [-0.1, -0.05) is 67.6 Å². The summed E-state index contributed by atoms with van der Waals surface area (Å²) in [5, 5.41) is 10.5. The van der Waals surface area contributed by atoms with Crippen molar-refractivity contribution < 1.29 is 18.7 Å². The molecule has 0 aliphatic heterocycles. The monoisotopic (exact) mass is 290 g/mol. The number of benzene rings is 2. The Labute approximate surface area is 122 Å². The van der Waals surface area contributed by atoms with Gasteiger partial charge in [0.05, 0.1) is 0 Å². The zero-order valence-corrected chi connectivity index (χ0v) is 11.6. The van der Waals surface area contributed by atoms with Crippen molar-refractivity contribution in [3.63, 3.8) is 0 Å². The molecule has 0 heterocycles. The Bertz CT molecular complexity index is 611. The van der Waals surface area contributed by atoms with Crippen molar-refractivity contribution in [3.8, 4) is 0 Å². The van der Waals surface area contributed by atoms with Crippen molar-refractivity contribution in [2.45, 2.75) is 24.9 Å². The predicted octanol–water partition coefficient (Wildman–Crippen LogP) is 3.80. The SMILES string of the molecule is CCC(O)(c1ccccc1)C(F)(F)C(=O)c1ccccc1. The van der Waals surface area contributed by atoms with Crippen LogP contribution in [0.2, 0.25) is 0 Å². The Kier molecular flexibility index (Phi) is 4.19. The number of carbonyl (C=O) groups is 1. The summed E-state index contributed by atoms with van der Waals surface area (Å²) >= 11 is 0. The van der Waals surface area contributed by atoms with Crippen molar-refractivity contribution in [2.75, 3.05) is 0 Å². The number of carbonyl (C=O) groups excluding carboxylic acids is 1. The normalized spacial score (nSPS) is 14.5. The van der Waals surface area contributed by atoms with Crippen molar-refractivity contribution in [3.05, 3.63) is 71.8 Å². The maximum atomic E-state index is 14.6. The van der Waals surface area contributed by atoms with Crippen LogP contribution in [0.1, 0.15) is 29.3 Å². The minimum atomic E-state index is -3.91. The van der Waals surface area contributed by atoms with Gasteiger partial charge in [-0.2, -0.15) is 8.78 Å². The van der Waals surface area contributed by atoms with Crippen LogP contribution < -0.4 is 0 Å². The first-order chi connectivity index (χ1) is 9.93. The van der Waals surface area contributed by atoms with Crippen LogP contribution in [-0.4, -0.2) is 16.8 Å². The molecule has 1 unspecified atom stereocenters. The third-order valence-corrected chi connectivity index (χ3v) is 3.60. The maximum Gasteiger partial charge on any atom is 0.341 e. The number of hydrogen-bond donors (Lipinski definition) is 1. The average molecular weight is 290 g/mol. The number of ketones is 1. The van der Waals surface area contributed by atoms with Gasteiger partial charge in [-0.15, -0.1) is 0 Å². The third kappa shape index (κ3) is 2.59. The van der Waals surface area contributed by atoms with E-state index in [0.717, 1.165) is 0 Å². The summed E-state index contributed by atoms with van der Waals surface area (Å²) in [5.74, 6) is -5.29. The first kappa shape index (κ1) is 15.3. The Morgan fingerprint density at radius 1 is 1.00 bits per heavy atom. The molecule has 0 bridgehead atoms. The molecule has 0 aromatic heterocycles. The maximum absolute atomic E-state index is 14.6. The van der Waals surface area contributed by atoms with Gasteiger partial charge in [-0.05, 0) is 12.0 Å². The van der Waals surface area contributed by atoms with E-state index >= 15 is 0 Å². The number of aliphatic hydroxyl groups is 1. The highest BCUT2D eigenvalue weighted by molar-refractivity contribution is 6.02. The van der Waals surface area contributed by atoms with Crippen molar-refractivity contribution in [1.82, 2.24) is 0 Å². The number of Topliss-reactive ketones (excluding diaryl/α,β-unsaturated/α-hetero) is 1. The van der Waals surface area contributed by atoms with Crippen LogP contribution in [0.5, 0.6) is 0 Å². The lowest BCUT2D eigenvalue weighted by atomic mass is 9.81. The molecule has 21 heavy (non-hydrogen) atoms. The predicted molar refractivity (Wildman–Crippen MR) is 76.3 cm³/mol. The van der Waals surface area contributed by atoms with E-state index in [-0.39, 0.29) is 17.5 Å². The molecule has 0 radical (unpaired) electrons. The fourth-order valence-electron chi connectivity index (χ4n) is 2.28. The first-order valence-electron chi connectivity index (χ1n) is 6.69. The van der Waals surface area contributed by atoms with Crippen molar-refractivity contribution >= 4 is 5.78 Å². The van der Waals surface area contributed by atoms with E-state index in [2.05, 4.69) is 0 Å². The molecule has 1 N–H and O–H groups in total. The van der Waals surface area contributed by atoms with E-state index in [1.165, 1.54) is 43.3 Å². The molecule has 2 rings (SSSR count). The van der Waals surface area contributed by atoms with Crippen LogP contribution in [0.25, 0.3) is 0 Å². The Morgan fingerprint density at radius 2 is 1.48 bits per heavy atom. The molecule has 0 saturated carbocycles. The van der Waals surface area contributed by atoms with Gasteiger partial charge in [-0.3, -0.25) is 4.79 Å². The molecule has 0 aliphatic carbocycles. The second kappa shape index (κ2) is 5.74. The summed E-state index contributed by atoms with van der Waals surface area (Å²) in [7, 11) is 0. The van der Waals surface area contributed by atoms with Gasteiger partial charge < -0.3 is 5.11 Å². The van der Waals surface area contributed by atoms with E-state index < -0.39 is 17.3 Å². The van der Waals surface area contributed by atoms with E-state index in [1.54, 1.807) is 24.3 Å². The van der Waals surface area contributed by atoms with Crippen molar-refractivity contribution in [1.29, 1.82) is 0 Å². The van der Waals surface area contributed by atoms with Gasteiger partial charge in [0.2, 0.25) is 5.78 Å². The van der Waals surface area contributed by atoms with E-state index in [4.69, 9.17) is 0 Å². The van der Waals surface area contributed by atoms with Gasteiger partial charge >= 0.3 is 5.92 Å². The Hall–Kier alpha value is -2.07. The van der Waals surface area contributed by atoms with E-state index in [9.17, 15) is 18.7 Å². The van der Waals surface area contributed by atoms with Gasteiger partial charge in [-0.25, -0.2) is 0 Å². The van der Waals surface area contributed by atoms with E-state index in [1.807, 2.05) is 0 Å².